The Bertz CT molecular complexity index is 1600. The van der Waals surface area contributed by atoms with E-state index in [-0.39, 0.29) is 27.1 Å². The Morgan fingerprint density at radius 2 is 1.32 bits per heavy atom. The van der Waals surface area contributed by atoms with Crippen LogP contribution >= 0.6 is 0 Å². The number of phenolic OH excluding ortho intramolecular Hbond substituents is 1. The maximum atomic E-state index is 11.8. The van der Waals surface area contributed by atoms with E-state index in [1.807, 2.05) is 0 Å². The summed E-state index contributed by atoms with van der Waals surface area (Å²) in [5.74, 6) is -0.301. The first-order chi connectivity index (χ1) is 14.5. The van der Waals surface area contributed by atoms with Gasteiger partial charge in [0.2, 0.25) is 0 Å². The van der Waals surface area contributed by atoms with Gasteiger partial charge in [-0.25, -0.2) is 0 Å². The van der Waals surface area contributed by atoms with Gasteiger partial charge in [0.15, 0.2) is 5.75 Å². The second-order valence-corrected chi connectivity index (χ2v) is 9.44. The molecule has 3 N–H and O–H groups in total. The molecule has 31 heavy (non-hydrogen) atoms. The Hall–Kier alpha value is -3.38. The molecule has 4 aromatic rings. The Kier molecular flexibility index (Phi) is 4.98. The Morgan fingerprint density at radius 1 is 0.677 bits per heavy atom. The van der Waals surface area contributed by atoms with Gasteiger partial charge in [-0.05, 0) is 41.1 Å². The zero-order valence-electron chi connectivity index (χ0n) is 15.5. The third kappa shape index (κ3) is 4.11. The van der Waals surface area contributed by atoms with Crippen LogP contribution < -0.4 is 0 Å². The lowest BCUT2D eigenvalue weighted by atomic mass is 10.1. The van der Waals surface area contributed by atoms with Crippen LogP contribution in [0.25, 0.3) is 21.5 Å². The van der Waals surface area contributed by atoms with Gasteiger partial charge in [0.1, 0.15) is 10.6 Å². The smallest absolute Gasteiger partial charge is 0.295 e. The van der Waals surface area contributed by atoms with Gasteiger partial charge in [-0.15, -0.1) is 5.11 Å². The number of phenols is 1. The van der Waals surface area contributed by atoms with Crippen LogP contribution in [-0.2, 0) is 20.2 Å². The minimum Gasteiger partial charge on any atom is -0.505 e. The van der Waals surface area contributed by atoms with Crippen molar-refractivity contribution in [2.45, 2.75) is 9.79 Å². The van der Waals surface area contributed by atoms with Crippen molar-refractivity contribution in [1.82, 2.24) is 0 Å². The molecule has 0 heterocycles. The van der Waals surface area contributed by atoms with E-state index in [1.54, 1.807) is 24.3 Å². The van der Waals surface area contributed by atoms with Crippen LogP contribution in [0, 0.1) is 0 Å². The summed E-state index contributed by atoms with van der Waals surface area (Å²) in [4.78, 5) is -0.653. The van der Waals surface area contributed by atoms with Gasteiger partial charge in [0.25, 0.3) is 20.2 Å². The molecule has 4 aromatic carbocycles. The van der Waals surface area contributed by atoms with Crippen molar-refractivity contribution < 1.29 is 31.0 Å². The fourth-order valence-electron chi connectivity index (χ4n) is 3.15. The second-order valence-electron chi connectivity index (χ2n) is 6.63. The minimum atomic E-state index is -4.58. The molecule has 0 fully saturated rings. The predicted octanol–water partition coefficient (Wildman–Crippen LogP) is 4.61. The van der Waals surface area contributed by atoms with Crippen LogP contribution in [0.15, 0.2) is 86.7 Å². The van der Waals surface area contributed by atoms with E-state index in [1.165, 1.54) is 36.4 Å². The Labute approximate surface area is 176 Å². The molecule has 0 aromatic heterocycles. The summed E-state index contributed by atoms with van der Waals surface area (Å²) in [7, 11) is -8.91. The Balaban J connectivity index is 1.79. The molecular formula is C20H14N2O7S2. The van der Waals surface area contributed by atoms with Gasteiger partial charge in [-0.2, -0.15) is 21.9 Å². The zero-order valence-corrected chi connectivity index (χ0v) is 17.2. The molecule has 0 aliphatic rings. The van der Waals surface area contributed by atoms with E-state index < -0.39 is 25.1 Å². The maximum Gasteiger partial charge on any atom is 0.295 e. The first-order valence-electron chi connectivity index (χ1n) is 8.69. The van der Waals surface area contributed by atoms with Gasteiger partial charge in [0.05, 0.1) is 10.6 Å². The number of benzene rings is 4. The number of nitrogens with zero attached hydrogens (tertiary/aromatic N) is 2. The first-order valence-corrected chi connectivity index (χ1v) is 11.6. The van der Waals surface area contributed by atoms with E-state index in [2.05, 4.69) is 10.2 Å². The van der Waals surface area contributed by atoms with Gasteiger partial charge in [-0.1, -0.05) is 36.4 Å². The number of rotatable bonds is 4. The highest BCUT2D eigenvalue weighted by molar-refractivity contribution is 7.86. The fraction of sp³-hybridized carbons (Fsp3) is 0. The van der Waals surface area contributed by atoms with Crippen LogP contribution in [-0.4, -0.2) is 31.0 Å². The van der Waals surface area contributed by atoms with Crippen molar-refractivity contribution in [1.29, 1.82) is 0 Å². The summed E-state index contributed by atoms with van der Waals surface area (Å²) in [6.45, 7) is 0. The van der Waals surface area contributed by atoms with Crippen molar-refractivity contribution in [3.05, 3.63) is 66.7 Å². The van der Waals surface area contributed by atoms with Crippen molar-refractivity contribution in [2.75, 3.05) is 0 Å². The second kappa shape index (κ2) is 7.39. The first kappa shape index (κ1) is 20.9. The monoisotopic (exact) mass is 458 g/mol. The average molecular weight is 458 g/mol. The lowest BCUT2D eigenvalue weighted by Gasteiger charge is -2.08. The predicted molar refractivity (Wildman–Crippen MR) is 113 cm³/mol. The van der Waals surface area contributed by atoms with E-state index in [9.17, 15) is 26.5 Å². The van der Waals surface area contributed by atoms with Crippen LogP contribution in [0.1, 0.15) is 0 Å². The highest BCUT2D eigenvalue weighted by atomic mass is 32.2. The molecule has 0 amide bonds. The van der Waals surface area contributed by atoms with Crippen LogP contribution in [0.2, 0.25) is 0 Å². The Morgan fingerprint density at radius 3 is 2.00 bits per heavy atom. The molecule has 0 spiro atoms. The van der Waals surface area contributed by atoms with Crippen molar-refractivity contribution in [3.63, 3.8) is 0 Å². The molecule has 0 saturated carbocycles. The van der Waals surface area contributed by atoms with E-state index >= 15 is 0 Å². The summed E-state index contributed by atoms with van der Waals surface area (Å²) >= 11 is 0. The molecule has 0 atom stereocenters. The average Bonchev–Trinajstić information content (AvgIpc) is 2.71. The molecule has 0 radical (unpaired) electrons. The molecule has 0 bridgehead atoms. The molecular weight excluding hydrogens is 444 g/mol. The van der Waals surface area contributed by atoms with Crippen molar-refractivity contribution >= 4 is 53.2 Å². The number of hydrogen-bond acceptors (Lipinski definition) is 7. The van der Waals surface area contributed by atoms with Gasteiger partial charge < -0.3 is 5.11 Å². The summed E-state index contributed by atoms with van der Waals surface area (Å²) in [5, 5.41) is 19.9. The molecule has 0 saturated heterocycles. The number of azo groups is 1. The van der Waals surface area contributed by atoms with E-state index in [0.717, 1.165) is 6.07 Å². The topological polar surface area (TPSA) is 154 Å². The fourth-order valence-corrected chi connectivity index (χ4v) is 4.38. The van der Waals surface area contributed by atoms with E-state index in [4.69, 9.17) is 4.55 Å². The lowest BCUT2D eigenvalue weighted by molar-refractivity contribution is 0.478. The van der Waals surface area contributed by atoms with Crippen LogP contribution in [0.5, 0.6) is 5.75 Å². The molecule has 11 heteroatoms. The SMILES string of the molecule is O=S(=O)(O)c1ccc2cc(N=Nc3cc(S(=O)(=O)O)c4ccccc4c3O)ccc2c1. The molecule has 0 aliphatic heterocycles. The van der Waals surface area contributed by atoms with Crippen molar-refractivity contribution in [2.24, 2.45) is 10.2 Å². The van der Waals surface area contributed by atoms with Crippen LogP contribution in [0.3, 0.4) is 0 Å². The van der Waals surface area contributed by atoms with Gasteiger partial charge >= 0.3 is 0 Å². The summed E-state index contributed by atoms with van der Waals surface area (Å²) in [6.07, 6.45) is 0. The normalized spacial score (nSPS) is 12.7. The third-order valence-electron chi connectivity index (χ3n) is 4.60. The number of aromatic hydroxyl groups is 1. The summed E-state index contributed by atoms with van der Waals surface area (Å²) < 4.78 is 64.8. The molecule has 9 nitrogen and oxygen atoms in total. The molecule has 4 rings (SSSR count). The quantitative estimate of drug-likeness (QED) is 0.298. The minimum absolute atomic E-state index is 0.141. The summed E-state index contributed by atoms with van der Waals surface area (Å²) in [6, 6.07) is 15.9. The number of fused-ring (bicyclic) bond motifs is 2. The zero-order chi connectivity index (χ0) is 22.4. The van der Waals surface area contributed by atoms with Gasteiger partial charge in [0, 0.05) is 10.8 Å². The highest BCUT2D eigenvalue weighted by Gasteiger charge is 2.19. The van der Waals surface area contributed by atoms with Gasteiger partial charge in [-0.3, -0.25) is 9.11 Å². The largest absolute Gasteiger partial charge is 0.505 e. The van der Waals surface area contributed by atoms with E-state index in [0.29, 0.717) is 16.5 Å². The standard InChI is InChI=1S/C20H14N2O7S2/c23-20-17-4-2-1-3-16(17)19(31(27,28)29)11-18(20)22-21-14-7-5-13-10-15(30(24,25)26)8-6-12(13)9-14/h1-11,23H,(H,24,25,26)(H,27,28,29). The third-order valence-corrected chi connectivity index (χ3v) is 6.35. The summed E-state index contributed by atoms with van der Waals surface area (Å²) in [5.41, 5.74) is 0.182. The van der Waals surface area contributed by atoms with Crippen LogP contribution in [0.4, 0.5) is 11.4 Å². The highest BCUT2D eigenvalue weighted by Crippen LogP contribution is 2.39. The molecule has 0 unspecified atom stereocenters. The lowest BCUT2D eigenvalue weighted by Crippen LogP contribution is -1.99. The number of hydrogen-bond donors (Lipinski definition) is 3. The van der Waals surface area contributed by atoms with Crippen molar-refractivity contribution in [3.8, 4) is 5.75 Å². The molecule has 0 aliphatic carbocycles. The maximum absolute atomic E-state index is 11.8. The molecule has 158 valence electrons.